The molecule has 6 nitrogen and oxygen atoms in total. The van der Waals surface area contributed by atoms with Crippen LogP contribution in [0.2, 0.25) is 0 Å². The van der Waals surface area contributed by atoms with Gasteiger partial charge in [-0.15, -0.1) is 12.4 Å². The fourth-order valence-corrected chi connectivity index (χ4v) is 4.15. The van der Waals surface area contributed by atoms with Crippen LogP contribution in [-0.2, 0) is 4.79 Å². The fourth-order valence-electron chi connectivity index (χ4n) is 4.15. The maximum Gasteiger partial charge on any atom is 0.303 e. The number of benzene rings is 1. The topological polar surface area (TPSA) is 102 Å². The molecule has 2 saturated carbocycles. The van der Waals surface area contributed by atoms with E-state index in [-0.39, 0.29) is 42.9 Å². The van der Waals surface area contributed by atoms with Crippen molar-refractivity contribution < 1.29 is 19.4 Å². The number of halogens is 1. The van der Waals surface area contributed by atoms with Crippen molar-refractivity contribution in [3.05, 3.63) is 29.8 Å². The Hall–Kier alpha value is -1.79. The first-order valence-corrected chi connectivity index (χ1v) is 10.1. The van der Waals surface area contributed by atoms with Gasteiger partial charge in [0.1, 0.15) is 11.9 Å². The molecule has 2 aliphatic carbocycles. The molecule has 0 bridgehead atoms. The van der Waals surface area contributed by atoms with Crippen LogP contribution in [0.5, 0.6) is 5.75 Å². The summed E-state index contributed by atoms with van der Waals surface area (Å²) in [6.45, 7) is 0. The molecule has 0 unspecified atom stereocenters. The average molecular weight is 411 g/mol. The molecule has 28 heavy (non-hydrogen) atoms. The van der Waals surface area contributed by atoms with E-state index >= 15 is 0 Å². The predicted octanol–water partition coefficient (Wildman–Crippen LogP) is 3.52. The van der Waals surface area contributed by atoms with Crippen molar-refractivity contribution in [3.8, 4) is 5.75 Å². The van der Waals surface area contributed by atoms with Crippen molar-refractivity contribution in [2.75, 3.05) is 0 Å². The number of carbonyl (C=O) groups excluding carboxylic acids is 1. The molecule has 2 fully saturated rings. The van der Waals surface area contributed by atoms with Crippen molar-refractivity contribution in [2.45, 2.75) is 76.0 Å². The molecule has 2 aliphatic rings. The minimum Gasteiger partial charge on any atom is -0.489 e. The summed E-state index contributed by atoms with van der Waals surface area (Å²) in [5.74, 6) is 0.432. The number of aliphatic carboxylic acids is 1. The average Bonchev–Trinajstić information content (AvgIpc) is 3.06. The number of amides is 1. The first-order valence-electron chi connectivity index (χ1n) is 10.1. The monoisotopic (exact) mass is 410 g/mol. The lowest BCUT2D eigenvalue weighted by molar-refractivity contribution is -0.137. The molecule has 1 amide bonds. The molecule has 0 aliphatic heterocycles. The van der Waals surface area contributed by atoms with E-state index in [1.54, 1.807) is 12.1 Å². The van der Waals surface area contributed by atoms with E-state index in [1.165, 1.54) is 0 Å². The van der Waals surface area contributed by atoms with E-state index in [4.69, 9.17) is 15.6 Å². The van der Waals surface area contributed by atoms with Gasteiger partial charge >= 0.3 is 5.97 Å². The Morgan fingerprint density at radius 3 is 2.32 bits per heavy atom. The third-order valence-electron chi connectivity index (χ3n) is 5.86. The zero-order valence-electron chi connectivity index (χ0n) is 16.1. The summed E-state index contributed by atoms with van der Waals surface area (Å²) in [7, 11) is 0. The Bertz CT molecular complexity index is 644. The third kappa shape index (κ3) is 6.38. The molecule has 4 N–H and O–H groups in total. The van der Waals surface area contributed by atoms with Crippen LogP contribution >= 0.6 is 12.4 Å². The molecule has 0 saturated heterocycles. The zero-order valence-corrected chi connectivity index (χ0v) is 17.0. The van der Waals surface area contributed by atoms with Gasteiger partial charge in [0, 0.05) is 24.1 Å². The first kappa shape index (κ1) is 22.5. The van der Waals surface area contributed by atoms with Gasteiger partial charge in [0.25, 0.3) is 5.91 Å². The lowest BCUT2D eigenvalue weighted by Gasteiger charge is -2.28. The molecule has 0 radical (unpaired) electrons. The van der Waals surface area contributed by atoms with E-state index in [0.717, 1.165) is 57.1 Å². The Kier molecular flexibility index (Phi) is 8.58. The second-order valence-corrected chi connectivity index (χ2v) is 7.90. The van der Waals surface area contributed by atoms with Gasteiger partial charge in [0.15, 0.2) is 0 Å². The van der Waals surface area contributed by atoms with E-state index in [2.05, 4.69) is 5.32 Å². The summed E-state index contributed by atoms with van der Waals surface area (Å²) < 4.78 is 5.93. The van der Waals surface area contributed by atoms with Gasteiger partial charge in [-0.2, -0.15) is 0 Å². The van der Waals surface area contributed by atoms with Gasteiger partial charge in [-0.3, -0.25) is 9.59 Å². The summed E-state index contributed by atoms with van der Waals surface area (Å²) in [4.78, 5) is 23.1. The van der Waals surface area contributed by atoms with E-state index in [1.807, 2.05) is 12.1 Å². The van der Waals surface area contributed by atoms with Crippen molar-refractivity contribution in [1.29, 1.82) is 0 Å². The van der Waals surface area contributed by atoms with Gasteiger partial charge < -0.3 is 20.9 Å². The molecule has 1 aromatic rings. The number of ether oxygens (including phenoxy) is 1. The number of rotatable bonds is 7. The second-order valence-electron chi connectivity index (χ2n) is 7.90. The molecule has 1 aromatic carbocycles. The molecule has 3 rings (SSSR count). The first-order chi connectivity index (χ1) is 13.0. The highest BCUT2D eigenvalue weighted by molar-refractivity contribution is 5.94. The highest BCUT2D eigenvalue weighted by Crippen LogP contribution is 2.28. The number of carbonyl (C=O) groups is 2. The van der Waals surface area contributed by atoms with E-state index in [9.17, 15) is 9.59 Å². The SMILES string of the molecule is Cl.N[C@H]1CCC[C@H]1Oc1ccc(C(=O)N[C@H]2CC[C@H](CCC(=O)O)CC2)cc1. The Balaban J connectivity index is 0.00000280. The molecule has 0 aromatic heterocycles. The van der Waals surface area contributed by atoms with Crippen LogP contribution < -0.4 is 15.8 Å². The molecule has 2 atom stereocenters. The van der Waals surface area contributed by atoms with Crippen molar-refractivity contribution in [2.24, 2.45) is 11.7 Å². The van der Waals surface area contributed by atoms with Gasteiger partial charge in [-0.25, -0.2) is 0 Å². The summed E-state index contributed by atoms with van der Waals surface area (Å²) >= 11 is 0. The maximum atomic E-state index is 12.5. The summed E-state index contributed by atoms with van der Waals surface area (Å²) in [5, 5.41) is 11.9. The Labute approximate surface area is 172 Å². The maximum absolute atomic E-state index is 12.5. The summed E-state index contributed by atoms with van der Waals surface area (Å²) in [5.41, 5.74) is 6.66. The number of carboxylic acid groups (broad SMARTS) is 1. The number of hydrogen-bond donors (Lipinski definition) is 3. The molecule has 156 valence electrons. The van der Waals surface area contributed by atoms with Crippen LogP contribution in [0.25, 0.3) is 0 Å². The highest BCUT2D eigenvalue weighted by Gasteiger charge is 2.26. The van der Waals surface area contributed by atoms with E-state index < -0.39 is 5.97 Å². The summed E-state index contributed by atoms with van der Waals surface area (Å²) in [6, 6.07) is 7.53. The molecular formula is C21H31ClN2O4. The lowest BCUT2D eigenvalue weighted by atomic mass is 9.83. The molecular weight excluding hydrogens is 380 g/mol. The molecule has 0 heterocycles. The van der Waals surface area contributed by atoms with Gasteiger partial charge in [0.05, 0.1) is 0 Å². The Morgan fingerprint density at radius 1 is 1.07 bits per heavy atom. The van der Waals surface area contributed by atoms with Crippen LogP contribution in [0.1, 0.15) is 68.1 Å². The predicted molar refractivity (Wildman–Crippen MR) is 110 cm³/mol. The van der Waals surface area contributed by atoms with Gasteiger partial charge in [-0.05, 0) is 81.5 Å². The minimum absolute atomic E-state index is 0. The van der Waals surface area contributed by atoms with Crippen LogP contribution in [-0.4, -0.2) is 35.2 Å². The number of carboxylic acids is 1. The lowest BCUT2D eigenvalue weighted by Crippen LogP contribution is -2.37. The van der Waals surface area contributed by atoms with Crippen molar-refractivity contribution >= 4 is 24.3 Å². The van der Waals surface area contributed by atoms with Crippen LogP contribution in [0, 0.1) is 5.92 Å². The van der Waals surface area contributed by atoms with Gasteiger partial charge in [0.2, 0.25) is 0 Å². The number of nitrogens with two attached hydrogens (primary N) is 1. The molecule has 0 spiro atoms. The number of nitrogens with one attached hydrogen (secondary N) is 1. The quantitative estimate of drug-likeness (QED) is 0.638. The Morgan fingerprint density at radius 2 is 1.75 bits per heavy atom. The second kappa shape index (κ2) is 10.7. The largest absolute Gasteiger partial charge is 0.489 e. The van der Waals surface area contributed by atoms with Crippen LogP contribution in [0.3, 0.4) is 0 Å². The minimum atomic E-state index is -0.729. The third-order valence-corrected chi connectivity index (χ3v) is 5.86. The normalized spacial score (nSPS) is 26.9. The number of hydrogen-bond acceptors (Lipinski definition) is 4. The van der Waals surface area contributed by atoms with Gasteiger partial charge in [-0.1, -0.05) is 0 Å². The summed E-state index contributed by atoms with van der Waals surface area (Å²) in [6.07, 6.45) is 7.92. The highest BCUT2D eigenvalue weighted by atomic mass is 35.5. The van der Waals surface area contributed by atoms with E-state index in [0.29, 0.717) is 11.5 Å². The van der Waals surface area contributed by atoms with Crippen molar-refractivity contribution in [1.82, 2.24) is 5.32 Å². The van der Waals surface area contributed by atoms with Crippen LogP contribution in [0.4, 0.5) is 0 Å². The van der Waals surface area contributed by atoms with Crippen LogP contribution in [0.15, 0.2) is 24.3 Å². The standard InChI is InChI=1S/C21H30N2O4.ClH/c22-18-2-1-3-19(18)27-17-11-7-15(8-12-17)21(26)23-16-9-4-14(5-10-16)6-13-20(24)25;/h7-8,11-12,14,16,18-19H,1-6,9-10,13,22H2,(H,23,26)(H,24,25);1H/t14-,16-,18-,19+;/m0./s1. The smallest absolute Gasteiger partial charge is 0.303 e. The van der Waals surface area contributed by atoms with Crippen molar-refractivity contribution in [3.63, 3.8) is 0 Å². The zero-order chi connectivity index (χ0) is 19.2. The molecule has 7 heteroatoms. The fraction of sp³-hybridized carbons (Fsp3) is 0.619.